The molecule has 0 aliphatic carbocycles. The van der Waals surface area contributed by atoms with E-state index in [0.29, 0.717) is 24.3 Å². The van der Waals surface area contributed by atoms with Crippen LogP contribution in [0.2, 0.25) is 5.02 Å². The lowest BCUT2D eigenvalue weighted by atomic mass is 9.94. The van der Waals surface area contributed by atoms with E-state index in [9.17, 15) is 66.7 Å². The van der Waals surface area contributed by atoms with Gasteiger partial charge in [-0.2, -0.15) is 52.7 Å². The van der Waals surface area contributed by atoms with E-state index in [1.54, 1.807) is 5.32 Å². The van der Waals surface area contributed by atoms with Crippen LogP contribution in [-0.2, 0) is 17.1 Å². The number of amides is 2. The van der Waals surface area contributed by atoms with E-state index < -0.39 is 94.2 Å². The van der Waals surface area contributed by atoms with Crippen molar-refractivity contribution in [3.63, 3.8) is 0 Å². The highest BCUT2D eigenvalue weighted by atomic mass is 35.5. The standard InChI is InChI=1S/C23H14ClF13N2O2/c24-16-4-2-10(5-15(16)23(35,36)37)13(21(29,30)31)7-17(25)11-1-3-12(14(6-11)22(32,33)34)19(41)38-8-18(40)39-9-20(26,27)28/h1-7,13H,8-9H2,(H,38,41)(H,39,40)/b17-7-. The fourth-order valence-corrected chi connectivity index (χ4v) is 3.44. The van der Waals surface area contributed by atoms with Gasteiger partial charge in [0.1, 0.15) is 18.3 Å². The van der Waals surface area contributed by atoms with Crippen LogP contribution in [-0.4, -0.2) is 37.3 Å². The molecule has 2 rings (SSSR count). The van der Waals surface area contributed by atoms with Crippen molar-refractivity contribution in [1.82, 2.24) is 10.6 Å². The van der Waals surface area contributed by atoms with Crippen LogP contribution in [0.5, 0.6) is 0 Å². The molecule has 0 aromatic heterocycles. The summed E-state index contributed by atoms with van der Waals surface area (Å²) in [6.07, 6.45) is -21.1. The predicted octanol–water partition coefficient (Wildman–Crippen LogP) is 7.44. The molecule has 1 atom stereocenters. The summed E-state index contributed by atoms with van der Waals surface area (Å²) >= 11 is 5.38. The minimum absolute atomic E-state index is 0.00368. The zero-order chi connectivity index (χ0) is 31.6. The zero-order valence-corrected chi connectivity index (χ0v) is 20.4. The summed E-state index contributed by atoms with van der Waals surface area (Å²) < 4.78 is 172. The van der Waals surface area contributed by atoms with E-state index in [0.717, 1.165) is 0 Å². The predicted molar refractivity (Wildman–Crippen MR) is 117 cm³/mol. The maximum atomic E-state index is 14.9. The summed E-state index contributed by atoms with van der Waals surface area (Å²) in [5.74, 6) is -8.11. The van der Waals surface area contributed by atoms with Crippen molar-refractivity contribution in [2.45, 2.75) is 30.6 Å². The van der Waals surface area contributed by atoms with E-state index in [4.69, 9.17) is 11.6 Å². The van der Waals surface area contributed by atoms with Crippen LogP contribution >= 0.6 is 11.6 Å². The Balaban J connectivity index is 2.44. The molecule has 1 unspecified atom stereocenters. The number of benzene rings is 2. The Morgan fingerprint density at radius 3 is 1.90 bits per heavy atom. The second-order valence-electron chi connectivity index (χ2n) is 8.10. The maximum Gasteiger partial charge on any atom is 0.417 e. The van der Waals surface area contributed by atoms with E-state index in [1.165, 1.54) is 5.32 Å². The first-order valence-corrected chi connectivity index (χ1v) is 11.0. The van der Waals surface area contributed by atoms with Crippen LogP contribution < -0.4 is 10.6 Å². The van der Waals surface area contributed by atoms with Crippen LogP contribution in [0.25, 0.3) is 5.83 Å². The number of carbonyl (C=O) groups is 2. The summed E-state index contributed by atoms with van der Waals surface area (Å²) in [6.45, 7) is -3.00. The Morgan fingerprint density at radius 1 is 0.805 bits per heavy atom. The normalized spacial score (nSPS) is 14.0. The third-order valence-corrected chi connectivity index (χ3v) is 5.39. The van der Waals surface area contributed by atoms with Crippen molar-refractivity contribution in [2.75, 3.05) is 13.1 Å². The fraction of sp³-hybridized carbons (Fsp3) is 0.304. The van der Waals surface area contributed by atoms with Crippen molar-refractivity contribution in [3.05, 3.63) is 75.3 Å². The molecule has 0 spiro atoms. The smallest absolute Gasteiger partial charge is 0.345 e. The first-order valence-electron chi connectivity index (χ1n) is 10.6. The highest BCUT2D eigenvalue weighted by molar-refractivity contribution is 6.31. The van der Waals surface area contributed by atoms with Gasteiger partial charge in [0.15, 0.2) is 0 Å². The maximum absolute atomic E-state index is 14.9. The molecule has 0 radical (unpaired) electrons. The third kappa shape index (κ3) is 9.54. The number of halogens is 14. The lowest BCUT2D eigenvalue weighted by Gasteiger charge is -2.20. The van der Waals surface area contributed by atoms with Gasteiger partial charge in [0, 0.05) is 5.56 Å². The van der Waals surface area contributed by atoms with Gasteiger partial charge in [0.25, 0.3) is 5.91 Å². The zero-order valence-electron chi connectivity index (χ0n) is 19.6. The molecule has 2 amide bonds. The van der Waals surface area contributed by atoms with Gasteiger partial charge in [-0.05, 0) is 35.9 Å². The monoisotopic (exact) mass is 632 g/mol. The Bertz CT molecular complexity index is 1310. The van der Waals surface area contributed by atoms with Gasteiger partial charge in [-0.25, -0.2) is 4.39 Å². The molecule has 0 aliphatic rings. The minimum Gasteiger partial charge on any atom is -0.345 e. The van der Waals surface area contributed by atoms with Gasteiger partial charge >= 0.3 is 24.7 Å². The molecule has 0 saturated heterocycles. The Hall–Kier alpha value is -3.50. The topological polar surface area (TPSA) is 58.2 Å². The fourth-order valence-electron chi connectivity index (χ4n) is 3.22. The minimum atomic E-state index is -5.43. The largest absolute Gasteiger partial charge is 0.417 e. The van der Waals surface area contributed by atoms with Crippen LogP contribution in [0.3, 0.4) is 0 Å². The van der Waals surface area contributed by atoms with Crippen molar-refractivity contribution >= 4 is 29.2 Å². The molecule has 2 N–H and O–H groups in total. The van der Waals surface area contributed by atoms with Gasteiger partial charge in [-0.3, -0.25) is 9.59 Å². The molecule has 0 bridgehead atoms. The summed E-state index contributed by atoms with van der Waals surface area (Å²) in [5.41, 5.74) is -7.14. The first kappa shape index (κ1) is 33.7. The summed E-state index contributed by atoms with van der Waals surface area (Å²) in [5, 5.41) is 1.99. The molecule has 226 valence electrons. The Morgan fingerprint density at radius 2 is 1.39 bits per heavy atom. The number of hydrogen-bond acceptors (Lipinski definition) is 2. The van der Waals surface area contributed by atoms with Gasteiger partial charge in [0.2, 0.25) is 5.91 Å². The number of rotatable bonds is 7. The van der Waals surface area contributed by atoms with Crippen LogP contribution in [0.1, 0.15) is 38.5 Å². The molecule has 0 heterocycles. The quantitative estimate of drug-likeness (QED) is 0.312. The Kier molecular flexibility index (Phi) is 10.00. The van der Waals surface area contributed by atoms with E-state index in [2.05, 4.69) is 0 Å². The first-order chi connectivity index (χ1) is 18.5. The molecule has 41 heavy (non-hydrogen) atoms. The number of carbonyl (C=O) groups excluding carboxylic acids is 2. The van der Waals surface area contributed by atoms with Gasteiger partial charge in [-0.15, -0.1) is 0 Å². The average molecular weight is 633 g/mol. The van der Waals surface area contributed by atoms with Crippen molar-refractivity contribution in [1.29, 1.82) is 0 Å². The van der Waals surface area contributed by atoms with Crippen molar-refractivity contribution < 1.29 is 66.7 Å². The van der Waals surface area contributed by atoms with Crippen LogP contribution in [0.4, 0.5) is 57.1 Å². The van der Waals surface area contributed by atoms with E-state index >= 15 is 0 Å². The van der Waals surface area contributed by atoms with Crippen LogP contribution in [0.15, 0.2) is 42.5 Å². The third-order valence-electron chi connectivity index (χ3n) is 5.06. The Labute approximate surface area is 226 Å². The molecule has 0 aliphatic heterocycles. The molecular weight excluding hydrogens is 619 g/mol. The summed E-state index contributed by atoms with van der Waals surface area (Å²) in [7, 11) is 0. The van der Waals surface area contributed by atoms with Crippen molar-refractivity contribution in [3.8, 4) is 0 Å². The highest BCUT2D eigenvalue weighted by Gasteiger charge is 2.42. The molecule has 2 aromatic rings. The number of alkyl halides is 12. The summed E-state index contributed by atoms with van der Waals surface area (Å²) in [4.78, 5) is 23.5. The van der Waals surface area contributed by atoms with Gasteiger partial charge in [-0.1, -0.05) is 23.7 Å². The van der Waals surface area contributed by atoms with E-state index in [1.807, 2.05) is 0 Å². The van der Waals surface area contributed by atoms with Crippen molar-refractivity contribution in [2.24, 2.45) is 0 Å². The number of allylic oxidation sites excluding steroid dienone is 1. The lowest BCUT2D eigenvalue weighted by molar-refractivity contribution is -0.142. The van der Waals surface area contributed by atoms with Crippen LogP contribution in [0, 0.1) is 0 Å². The second kappa shape index (κ2) is 12.2. The average Bonchev–Trinajstić information content (AvgIpc) is 2.82. The molecule has 0 saturated carbocycles. The molecule has 18 heteroatoms. The summed E-state index contributed by atoms with van der Waals surface area (Å²) in [6, 6.07) is 1.68. The highest BCUT2D eigenvalue weighted by Crippen LogP contribution is 2.43. The van der Waals surface area contributed by atoms with E-state index in [-0.39, 0.29) is 18.2 Å². The molecular formula is C23H14ClF13N2O2. The number of nitrogens with one attached hydrogen (secondary N) is 2. The lowest BCUT2D eigenvalue weighted by Crippen LogP contribution is -2.41. The SMILES string of the molecule is O=C(CNC(=O)c1ccc(/C(F)=C/C(c2ccc(Cl)c(C(F)(F)F)c2)C(F)(F)F)cc1C(F)(F)F)NCC(F)(F)F. The van der Waals surface area contributed by atoms with Gasteiger partial charge < -0.3 is 10.6 Å². The second-order valence-corrected chi connectivity index (χ2v) is 8.51. The molecule has 2 aromatic carbocycles. The number of hydrogen-bond donors (Lipinski definition) is 2. The van der Waals surface area contributed by atoms with Gasteiger partial charge in [0.05, 0.1) is 28.3 Å². The molecule has 4 nitrogen and oxygen atoms in total. The molecule has 0 fully saturated rings.